The van der Waals surface area contributed by atoms with Gasteiger partial charge in [-0.25, -0.2) is 21.8 Å². The van der Waals surface area contributed by atoms with Crippen LogP contribution >= 0.6 is 22.7 Å². The van der Waals surface area contributed by atoms with Gasteiger partial charge in [0.05, 0.1) is 22.1 Å². The topological polar surface area (TPSA) is 103 Å². The van der Waals surface area contributed by atoms with Gasteiger partial charge in [0.1, 0.15) is 19.9 Å². The van der Waals surface area contributed by atoms with Crippen molar-refractivity contribution in [3.8, 4) is 10.7 Å². The van der Waals surface area contributed by atoms with Crippen molar-refractivity contribution in [2.75, 3.05) is 17.4 Å². The van der Waals surface area contributed by atoms with Gasteiger partial charge in [0.25, 0.3) is 10.0 Å². The molecule has 5 rings (SSSR count). The van der Waals surface area contributed by atoms with Gasteiger partial charge in [-0.2, -0.15) is 0 Å². The van der Waals surface area contributed by atoms with Crippen LogP contribution in [0.4, 0.5) is 5.69 Å². The first-order valence-electron chi connectivity index (χ1n) is 11.2. The molecule has 186 valence electrons. The third-order valence-corrected chi connectivity index (χ3v) is 11.5. The molecule has 1 aliphatic heterocycles. The highest BCUT2D eigenvalue weighted by atomic mass is 32.2. The number of thiol groups is 1. The van der Waals surface area contributed by atoms with Crippen LogP contribution in [0.15, 0.2) is 52.2 Å². The summed E-state index contributed by atoms with van der Waals surface area (Å²) in [5.41, 5.74) is 2.17. The van der Waals surface area contributed by atoms with Crippen molar-refractivity contribution in [2.45, 2.75) is 42.3 Å². The summed E-state index contributed by atoms with van der Waals surface area (Å²) in [5, 5.41) is 3.22. The van der Waals surface area contributed by atoms with Crippen LogP contribution in [0.3, 0.4) is 0 Å². The predicted molar refractivity (Wildman–Crippen MR) is 143 cm³/mol. The first-order valence-corrected chi connectivity index (χ1v) is 15.6. The molecular formula is C23H26N4O4S4. The molecule has 1 aromatic carbocycles. The summed E-state index contributed by atoms with van der Waals surface area (Å²) in [6.07, 6.45) is 2.51. The molecule has 1 aliphatic rings. The first kappa shape index (κ1) is 24.4. The third-order valence-electron chi connectivity index (χ3n) is 6.06. The molecule has 0 aliphatic carbocycles. The Hall–Kier alpha value is -2.25. The lowest BCUT2D eigenvalue weighted by atomic mass is 10.2. The molecule has 0 radical (unpaired) electrons. The largest absolute Gasteiger partial charge is 0.351 e. The van der Waals surface area contributed by atoms with E-state index in [9.17, 15) is 16.8 Å². The van der Waals surface area contributed by atoms with E-state index < -0.39 is 20.7 Å². The van der Waals surface area contributed by atoms with Gasteiger partial charge in [0.2, 0.25) is 0 Å². The summed E-state index contributed by atoms with van der Waals surface area (Å²) in [6.45, 7) is 5.73. The monoisotopic (exact) mass is 550 g/mol. The van der Waals surface area contributed by atoms with Gasteiger partial charge in [-0.15, -0.1) is 22.7 Å². The van der Waals surface area contributed by atoms with Crippen LogP contribution in [0.25, 0.3) is 21.6 Å². The van der Waals surface area contributed by atoms with Gasteiger partial charge in [0, 0.05) is 35.6 Å². The standard InChI is InChI=1S/C23H26N4O4S4/c1-15(2)27(35(30,31)21-7-4-10-32-21)20-6-3-5-16-11-19(25-22(16)20)23-24-12-17(33-23)13-26-9-8-18(14-26)34(28)29/h3-7,10-12,15,18,25,34H,8-9,13-14H2,1-2H3. The van der Waals surface area contributed by atoms with Crippen LogP contribution in [0.1, 0.15) is 25.1 Å². The Morgan fingerprint density at radius 2 is 2.09 bits per heavy atom. The van der Waals surface area contributed by atoms with Gasteiger partial charge < -0.3 is 4.98 Å². The van der Waals surface area contributed by atoms with E-state index in [2.05, 4.69) is 14.9 Å². The summed E-state index contributed by atoms with van der Waals surface area (Å²) in [7, 11) is -6.09. The fourth-order valence-corrected chi connectivity index (χ4v) is 8.85. The number of fused-ring (bicyclic) bond motifs is 1. The van der Waals surface area contributed by atoms with E-state index in [0.717, 1.165) is 33.0 Å². The first-order chi connectivity index (χ1) is 16.7. The Balaban J connectivity index is 1.46. The van der Waals surface area contributed by atoms with Crippen LogP contribution in [-0.2, 0) is 27.3 Å². The summed E-state index contributed by atoms with van der Waals surface area (Å²) < 4.78 is 51.3. The Morgan fingerprint density at radius 1 is 1.26 bits per heavy atom. The fourth-order valence-electron chi connectivity index (χ4n) is 4.48. The van der Waals surface area contributed by atoms with Crippen molar-refractivity contribution < 1.29 is 16.8 Å². The predicted octanol–water partition coefficient (Wildman–Crippen LogP) is 4.14. The Bertz CT molecular complexity index is 1510. The number of H-pyrrole nitrogens is 1. The highest BCUT2D eigenvalue weighted by Gasteiger charge is 2.30. The van der Waals surface area contributed by atoms with E-state index in [1.807, 2.05) is 44.3 Å². The van der Waals surface area contributed by atoms with Crippen molar-refractivity contribution >= 4 is 60.0 Å². The number of thiazole rings is 1. The minimum atomic E-state index is -3.71. The molecule has 1 saturated heterocycles. The van der Waals surface area contributed by atoms with Crippen molar-refractivity contribution in [1.82, 2.24) is 14.9 Å². The van der Waals surface area contributed by atoms with E-state index >= 15 is 0 Å². The minimum absolute atomic E-state index is 0.265. The third kappa shape index (κ3) is 4.77. The quantitative estimate of drug-likeness (QED) is 0.320. The number of benzene rings is 1. The zero-order valence-electron chi connectivity index (χ0n) is 19.2. The van der Waals surface area contributed by atoms with E-state index in [-0.39, 0.29) is 11.3 Å². The van der Waals surface area contributed by atoms with Crippen LogP contribution in [-0.4, -0.2) is 56.1 Å². The maximum absolute atomic E-state index is 13.5. The van der Waals surface area contributed by atoms with Crippen molar-refractivity contribution in [3.05, 3.63) is 52.9 Å². The second-order valence-corrected chi connectivity index (χ2v) is 14.3. The summed E-state index contributed by atoms with van der Waals surface area (Å²) in [6, 6.07) is 10.7. The van der Waals surface area contributed by atoms with Gasteiger partial charge in [-0.1, -0.05) is 18.2 Å². The van der Waals surface area contributed by atoms with Crippen LogP contribution in [0.2, 0.25) is 0 Å². The van der Waals surface area contributed by atoms with Crippen molar-refractivity contribution in [1.29, 1.82) is 0 Å². The van der Waals surface area contributed by atoms with E-state index in [4.69, 9.17) is 0 Å². The number of rotatable bonds is 8. The Morgan fingerprint density at radius 3 is 2.77 bits per heavy atom. The number of hydrogen-bond acceptors (Lipinski definition) is 8. The van der Waals surface area contributed by atoms with Gasteiger partial charge in [0.15, 0.2) is 0 Å². The lowest BCUT2D eigenvalue weighted by molar-refractivity contribution is 0.334. The number of likely N-dealkylation sites (tertiary alicyclic amines) is 1. The Kier molecular flexibility index (Phi) is 6.75. The SMILES string of the molecule is CC(C)N(c1cccc2cc(-c3ncc(CN4CCC([SH](=O)=O)C4)s3)[nH]c12)S(=O)(=O)c1cccs1. The van der Waals surface area contributed by atoms with Crippen molar-refractivity contribution in [3.63, 3.8) is 0 Å². The maximum Gasteiger partial charge on any atom is 0.274 e. The lowest BCUT2D eigenvalue weighted by Crippen LogP contribution is -2.36. The maximum atomic E-state index is 13.5. The molecule has 0 spiro atoms. The average Bonchev–Trinajstić information content (AvgIpc) is 3.59. The average molecular weight is 551 g/mol. The number of nitrogens with zero attached hydrogens (tertiary/aromatic N) is 3. The molecule has 12 heteroatoms. The Labute approximate surface area is 214 Å². The molecule has 0 bridgehead atoms. The van der Waals surface area contributed by atoms with Gasteiger partial charge >= 0.3 is 0 Å². The molecule has 1 atom stereocenters. The zero-order valence-corrected chi connectivity index (χ0v) is 22.6. The van der Waals surface area contributed by atoms with Crippen LogP contribution in [0.5, 0.6) is 0 Å². The lowest BCUT2D eigenvalue weighted by Gasteiger charge is -2.28. The molecule has 35 heavy (non-hydrogen) atoms. The van der Waals surface area contributed by atoms with Crippen LogP contribution in [0, 0.1) is 0 Å². The molecule has 0 saturated carbocycles. The van der Waals surface area contributed by atoms with Crippen molar-refractivity contribution in [2.24, 2.45) is 0 Å². The van der Waals surface area contributed by atoms with Gasteiger partial charge in [-0.3, -0.25) is 9.21 Å². The zero-order chi connectivity index (χ0) is 24.7. The molecule has 0 amide bonds. The number of aromatic nitrogens is 2. The summed E-state index contributed by atoms with van der Waals surface area (Å²) >= 11 is 2.77. The van der Waals surface area contributed by atoms with Gasteiger partial charge in [-0.05, 0) is 50.4 Å². The molecular weight excluding hydrogens is 525 g/mol. The molecule has 8 nitrogen and oxygen atoms in total. The number of aromatic amines is 1. The molecule has 4 aromatic rings. The number of anilines is 1. The van der Waals surface area contributed by atoms with E-state index in [1.54, 1.807) is 28.8 Å². The smallest absolute Gasteiger partial charge is 0.274 e. The number of thiophene rings is 1. The number of hydrogen-bond donors (Lipinski definition) is 2. The molecule has 4 heterocycles. The normalized spacial score (nSPS) is 17.2. The molecule has 1 N–H and O–H groups in total. The minimum Gasteiger partial charge on any atom is -0.351 e. The van der Waals surface area contributed by atoms with E-state index in [0.29, 0.717) is 29.4 Å². The van der Waals surface area contributed by atoms with E-state index in [1.165, 1.54) is 15.6 Å². The summed E-state index contributed by atoms with van der Waals surface area (Å²) in [4.78, 5) is 11.2. The second kappa shape index (κ2) is 9.66. The van der Waals surface area contributed by atoms with Crippen LogP contribution < -0.4 is 4.31 Å². The number of nitrogens with one attached hydrogen (secondary N) is 1. The summed E-state index contributed by atoms with van der Waals surface area (Å²) in [5.74, 6) is 0. The molecule has 3 aromatic heterocycles. The highest BCUT2D eigenvalue weighted by molar-refractivity contribution is 7.94. The number of sulfonamides is 1. The molecule has 1 unspecified atom stereocenters. The highest BCUT2D eigenvalue weighted by Crippen LogP contribution is 2.36. The molecule has 1 fully saturated rings. The second-order valence-electron chi connectivity index (χ2n) is 8.85. The fraction of sp³-hybridized carbons (Fsp3) is 0.348. The number of para-hydroxylation sites is 1.